The Hall–Kier alpha value is -1.58. The first kappa shape index (κ1) is 7.53. The van der Waals surface area contributed by atoms with E-state index in [1.165, 1.54) is 13.2 Å². The molecule has 0 spiro atoms. The second kappa shape index (κ2) is 3.55. The molecule has 0 fully saturated rings. The summed E-state index contributed by atoms with van der Waals surface area (Å²) in [6, 6.07) is 0. The first-order valence-electron chi connectivity index (χ1n) is 3.13. The Morgan fingerprint density at radius 1 is 1.82 bits per heavy atom. The summed E-state index contributed by atoms with van der Waals surface area (Å²) < 4.78 is 4.95. The molecule has 4 heteroatoms. The van der Waals surface area contributed by atoms with Crippen LogP contribution in [-0.2, 0) is 4.74 Å². The highest BCUT2D eigenvalue weighted by Crippen LogP contribution is 2.07. The van der Waals surface area contributed by atoms with Crippen molar-refractivity contribution >= 4 is 12.0 Å². The normalized spacial score (nSPS) is 11.2. The molecule has 1 rings (SSSR count). The monoisotopic (exact) mass is 151 g/mol. The third kappa shape index (κ3) is 1.67. The van der Waals surface area contributed by atoms with Gasteiger partial charge in [0.25, 0.3) is 0 Å². The van der Waals surface area contributed by atoms with Crippen molar-refractivity contribution in [1.82, 2.24) is 9.97 Å². The molecule has 1 heterocycles. The molecule has 1 aromatic heterocycles. The number of H-pyrrole nitrogens is 1. The van der Waals surface area contributed by atoms with Gasteiger partial charge in [-0.25, -0.2) is 4.98 Å². The fourth-order valence-electron chi connectivity index (χ4n) is 0.719. The van der Waals surface area contributed by atoms with Gasteiger partial charge in [-0.2, -0.15) is 0 Å². The van der Waals surface area contributed by atoms with Gasteiger partial charge in [-0.15, -0.1) is 0 Å². The molecule has 11 heavy (non-hydrogen) atoms. The van der Waals surface area contributed by atoms with Crippen molar-refractivity contribution < 1.29 is 4.74 Å². The van der Waals surface area contributed by atoms with Gasteiger partial charge in [0.15, 0.2) is 11.6 Å². The molecule has 0 aliphatic rings. The summed E-state index contributed by atoms with van der Waals surface area (Å²) in [5.41, 5.74) is 0. The summed E-state index contributed by atoms with van der Waals surface area (Å²) in [6.07, 6.45) is 6.01. The fourth-order valence-corrected chi connectivity index (χ4v) is 0.719. The zero-order valence-electron chi connectivity index (χ0n) is 6.16. The predicted octanol–water partition coefficient (Wildman–Crippen LogP) is 1.05. The number of allylic oxidation sites excluding steroid dienone is 1. The fraction of sp³-hybridized carbons (Fsp3) is 0.143. The van der Waals surface area contributed by atoms with Gasteiger partial charge < -0.3 is 15.1 Å². The number of ether oxygens (including phenoxy) is 1. The Morgan fingerprint density at radius 2 is 2.64 bits per heavy atom. The first-order chi connectivity index (χ1) is 5.38. The molecule has 4 nitrogen and oxygen atoms in total. The zero-order chi connectivity index (χ0) is 8.10. The third-order valence-electron chi connectivity index (χ3n) is 1.19. The van der Waals surface area contributed by atoms with E-state index in [4.69, 9.17) is 10.1 Å². The van der Waals surface area contributed by atoms with Crippen molar-refractivity contribution in [2.75, 3.05) is 7.11 Å². The molecular formula is C7H9N3O. The average molecular weight is 151 g/mol. The van der Waals surface area contributed by atoms with E-state index in [0.717, 1.165) is 6.21 Å². The lowest BCUT2D eigenvalue weighted by Gasteiger charge is -1.99. The number of aromatic amines is 1. The molecule has 0 aromatic carbocycles. The number of rotatable bonds is 3. The van der Waals surface area contributed by atoms with Crippen LogP contribution in [0.2, 0.25) is 0 Å². The van der Waals surface area contributed by atoms with E-state index in [9.17, 15) is 0 Å². The van der Waals surface area contributed by atoms with Crippen molar-refractivity contribution in [2.24, 2.45) is 0 Å². The lowest BCUT2D eigenvalue weighted by molar-refractivity contribution is 0.367. The van der Waals surface area contributed by atoms with E-state index in [1.807, 2.05) is 0 Å². The van der Waals surface area contributed by atoms with Gasteiger partial charge in [0.1, 0.15) is 0 Å². The maximum Gasteiger partial charge on any atom is 0.172 e. The van der Waals surface area contributed by atoms with Gasteiger partial charge in [-0.3, -0.25) is 0 Å². The smallest absolute Gasteiger partial charge is 0.172 e. The Kier molecular flexibility index (Phi) is 2.43. The minimum Gasteiger partial charge on any atom is -0.493 e. The number of aromatic nitrogens is 2. The summed E-state index contributed by atoms with van der Waals surface area (Å²) in [7, 11) is 1.54. The number of hydrogen-bond acceptors (Lipinski definition) is 3. The van der Waals surface area contributed by atoms with Gasteiger partial charge in [0.05, 0.1) is 7.11 Å². The van der Waals surface area contributed by atoms with Crippen LogP contribution >= 0.6 is 0 Å². The van der Waals surface area contributed by atoms with Crippen LogP contribution in [0.25, 0.3) is 5.76 Å². The summed E-state index contributed by atoms with van der Waals surface area (Å²) in [4.78, 5) is 6.82. The second-order valence-electron chi connectivity index (χ2n) is 1.84. The van der Waals surface area contributed by atoms with Crippen molar-refractivity contribution in [2.45, 2.75) is 0 Å². The van der Waals surface area contributed by atoms with Crippen LogP contribution in [0.1, 0.15) is 5.82 Å². The highest BCUT2D eigenvalue weighted by molar-refractivity contribution is 5.78. The van der Waals surface area contributed by atoms with Crippen molar-refractivity contribution in [1.29, 1.82) is 5.41 Å². The largest absolute Gasteiger partial charge is 0.493 e. The predicted molar refractivity (Wildman–Crippen MR) is 42.4 cm³/mol. The van der Waals surface area contributed by atoms with Crippen molar-refractivity contribution in [3.8, 4) is 0 Å². The summed E-state index contributed by atoms with van der Waals surface area (Å²) in [5, 5.41) is 6.82. The summed E-state index contributed by atoms with van der Waals surface area (Å²) >= 11 is 0. The number of hydrogen-bond donors (Lipinski definition) is 2. The number of nitrogens with one attached hydrogen (secondary N) is 2. The lowest BCUT2D eigenvalue weighted by Crippen LogP contribution is -1.89. The van der Waals surface area contributed by atoms with Gasteiger partial charge in [0, 0.05) is 24.7 Å². The zero-order valence-corrected chi connectivity index (χ0v) is 6.16. The average Bonchev–Trinajstić information content (AvgIpc) is 2.52. The van der Waals surface area contributed by atoms with Crippen molar-refractivity contribution in [3.05, 3.63) is 24.3 Å². The van der Waals surface area contributed by atoms with E-state index in [0.29, 0.717) is 11.6 Å². The highest BCUT2D eigenvalue weighted by atomic mass is 16.5. The molecule has 58 valence electrons. The SMILES string of the molecule is CO/C(=C/C=N)c1ncc[nH]1. The Labute approximate surface area is 64.4 Å². The quantitative estimate of drug-likeness (QED) is 0.501. The topological polar surface area (TPSA) is 61.8 Å². The number of methoxy groups -OCH3 is 1. The lowest BCUT2D eigenvalue weighted by atomic mass is 10.4. The molecule has 0 bridgehead atoms. The Bertz CT molecular complexity index is 251. The van der Waals surface area contributed by atoms with Crippen LogP contribution in [0.3, 0.4) is 0 Å². The number of imidazole rings is 1. The molecule has 1 aromatic rings. The minimum absolute atomic E-state index is 0.560. The first-order valence-corrected chi connectivity index (χ1v) is 3.13. The van der Waals surface area contributed by atoms with E-state index in [2.05, 4.69) is 9.97 Å². The molecule has 0 unspecified atom stereocenters. The minimum atomic E-state index is 0.560. The van der Waals surface area contributed by atoms with Crippen molar-refractivity contribution in [3.63, 3.8) is 0 Å². The van der Waals surface area contributed by atoms with Gasteiger partial charge >= 0.3 is 0 Å². The molecule has 0 amide bonds. The molecule has 0 aliphatic carbocycles. The molecule has 0 saturated carbocycles. The molecule has 0 saturated heterocycles. The van der Waals surface area contributed by atoms with E-state index in [1.54, 1.807) is 12.4 Å². The molecule has 0 radical (unpaired) electrons. The molecule has 2 N–H and O–H groups in total. The molecular weight excluding hydrogens is 142 g/mol. The standard InChI is InChI=1S/C7H9N3O/c1-11-6(2-3-8)7-9-4-5-10-7/h2-5,8H,1H3,(H,9,10)/b6-2+,8-3?. The van der Waals surface area contributed by atoms with Crippen LogP contribution in [-0.4, -0.2) is 23.3 Å². The van der Waals surface area contributed by atoms with Gasteiger partial charge in [0.2, 0.25) is 0 Å². The molecule has 0 atom stereocenters. The van der Waals surface area contributed by atoms with Gasteiger partial charge in [-0.1, -0.05) is 0 Å². The van der Waals surface area contributed by atoms with E-state index < -0.39 is 0 Å². The van der Waals surface area contributed by atoms with Crippen LogP contribution < -0.4 is 0 Å². The van der Waals surface area contributed by atoms with Crippen LogP contribution in [0.15, 0.2) is 18.5 Å². The van der Waals surface area contributed by atoms with Crippen LogP contribution in [0, 0.1) is 5.41 Å². The van der Waals surface area contributed by atoms with Crippen LogP contribution in [0.4, 0.5) is 0 Å². The van der Waals surface area contributed by atoms with E-state index in [-0.39, 0.29) is 0 Å². The third-order valence-corrected chi connectivity index (χ3v) is 1.19. The maximum atomic E-state index is 6.82. The number of nitrogens with zero attached hydrogens (tertiary/aromatic N) is 1. The summed E-state index contributed by atoms with van der Waals surface area (Å²) in [5.74, 6) is 1.20. The Balaban J connectivity index is 2.88. The van der Waals surface area contributed by atoms with Crippen LogP contribution in [0.5, 0.6) is 0 Å². The highest BCUT2D eigenvalue weighted by Gasteiger charge is 2.00. The van der Waals surface area contributed by atoms with E-state index >= 15 is 0 Å². The summed E-state index contributed by atoms with van der Waals surface area (Å²) in [6.45, 7) is 0. The second-order valence-corrected chi connectivity index (χ2v) is 1.84. The molecule has 0 aliphatic heterocycles. The Morgan fingerprint density at radius 3 is 3.09 bits per heavy atom. The maximum absolute atomic E-state index is 6.82. The van der Waals surface area contributed by atoms with Gasteiger partial charge in [-0.05, 0) is 0 Å².